The summed E-state index contributed by atoms with van der Waals surface area (Å²) in [6.07, 6.45) is 21.8. The molecule has 0 spiro atoms. The van der Waals surface area contributed by atoms with Crippen molar-refractivity contribution in [1.82, 2.24) is 0 Å². The van der Waals surface area contributed by atoms with Crippen molar-refractivity contribution in [1.29, 1.82) is 0 Å². The molecule has 1 rings (SSSR count). The van der Waals surface area contributed by atoms with Gasteiger partial charge >= 0.3 is 19.8 Å². The summed E-state index contributed by atoms with van der Waals surface area (Å²) in [7, 11) is -4.84. The number of carbonyl (C=O) groups is 2. The van der Waals surface area contributed by atoms with Crippen molar-refractivity contribution in [3.8, 4) is 0 Å². The normalized spacial score (nSPS) is 21.0. The van der Waals surface area contributed by atoms with E-state index in [1.165, 1.54) is 51.4 Å². The van der Waals surface area contributed by atoms with Gasteiger partial charge in [-0.1, -0.05) is 135 Å². The third kappa shape index (κ3) is 24.6. The molecule has 0 saturated heterocycles. The van der Waals surface area contributed by atoms with Crippen LogP contribution >= 0.6 is 7.82 Å². The van der Waals surface area contributed by atoms with Crippen molar-refractivity contribution in [2.75, 3.05) is 13.2 Å². The first-order valence-corrected chi connectivity index (χ1v) is 20.8. The fourth-order valence-electron chi connectivity index (χ4n) is 6.30. The Labute approximate surface area is 301 Å². The summed E-state index contributed by atoms with van der Waals surface area (Å²) >= 11 is 0. The molecule has 50 heavy (non-hydrogen) atoms. The third-order valence-electron chi connectivity index (χ3n) is 9.25. The highest BCUT2D eigenvalue weighted by Crippen LogP contribution is 2.37. The van der Waals surface area contributed by atoms with Crippen molar-refractivity contribution in [3.05, 3.63) is 24.3 Å². The molecule has 6 atom stereocenters. The lowest BCUT2D eigenvalue weighted by Crippen LogP contribution is -2.29. The van der Waals surface area contributed by atoms with E-state index in [0.717, 1.165) is 44.4 Å². The number of unbranched alkanes of at least 4 members (excludes halogenated alkanes) is 12. The number of hydrogen-bond acceptors (Lipinski definition) is 9. The van der Waals surface area contributed by atoms with Crippen LogP contribution in [-0.2, 0) is 28.2 Å². The second-order valence-electron chi connectivity index (χ2n) is 14.4. The van der Waals surface area contributed by atoms with E-state index in [-0.39, 0.29) is 31.1 Å². The van der Waals surface area contributed by atoms with Gasteiger partial charge in [0.1, 0.15) is 6.61 Å². The number of carbonyl (C=O) groups excluding carboxylic acids is 2. The third-order valence-corrected chi connectivity index (χ3v) is 9.74. The van der Waals surface area contributed by atoms with E-state index < -0.39 is 57.4 Å². The standard InChI is InChI=1S/C38H69O11P/c1-4-5-15-21-31(39)25-26-34-33(35(40)27-36(34)41)22-18-19-24-38(43)49-32(29-48-50(44,45)46)28-47-37(42)23-17-14-12-10-8-6-7-9-11-13-16-20-30(2)3/h18-19,25-26,30-36,39-41H,4-17,20-24,27-29H2,1-3H3,(H2,44,45,46)/b19-18-,26-25+/t31-,32-,33+,34-,35+,36-/m1/s1. The van der Waals surface area contributed by atoms with Crippen LogP contribution in [0.3, 0.4) is 0 Å². The molecule has 0 aliphatic heterocycles. The second kappa shape index (κ2) is 28.0. The van der Waals surface area contributed by atoms with Crippen LogP contribution in [0, 0.1) is 17.8 Å². The van der Waals surface area contributed by atoms with E-state index in [2.05, 4.69) is 25.3 Å². The first kappa shape index (κ1) is 46.4. The zero-order valence-electron chi connectivity index (χ0n) is 31.0. The van der Waals surface area contributed by atoms with Gasteiger partial charge in [-0.25, -0.2) is 4.57 Å². The van der Waals surface area contributed by atoms with Crippen molar-refractivity contribution >= 4 is 19.8 Å². The minimum Gasteiger partial charge on any atom is -0.462 e. The van der Waals surface area contributed by atoms with Gasteiger partial charge in [0, 0.05) is 18.8 Å². The van der Waals surface area contributed by atoms with Crippen LogP contribution in [0.1, 0.15) is 149 Å². The molecule has 0 heterocycles. The fraction of sp³-hybridized carbons (Fsp3) is 0.842. The number of aliphatic hydroxyl groups is 3. The summed E-state index contributed by atoms with van der Waals surface area (Å²) in [4.78, 5) is 43.0. The molecule has 11 nitrogen and oxygen atoms in total. The number of esters is 2. The van der Waals surface area contributed by atoms with Crippen molar-refractivity contribution in [2.45, 2.75) is 174 Å². The number of phosphoric ester groups is 1. The minimum absolute atomic E-state index is 0.166. The van der Waals surface area contributed by atoms with Gasteiger partial charge < -0.3 is 34.6 Å². The van der Waals surface area contributed by atoms with Gasteiger partial charge in [-0.3, -0.25) is 14.1 Å². The zero-order chi connectivity index (χ0) is 37.2. The van der Waals surface area contributed by atoms with Gasteiger partial charge in [-0.2, -0.15) is 0 Å². The Morgan fingerprint density at radius 2 is 1.40 bits per heavy atom. The predicted molar refractivity (Wildman–Crippen MR) is 195 cm³/mol. The zero-order valence-corrected chi connectivity index (χ0v) is 31.9. The van der Waals surface area contributed by atoms with E-state index >= 15 is 0 Å². The Hall–Kier alpha value is -1.59. The largest absolute Gasteiger partial charge is 0.469 e. The first-order chi connectivity index (χ1) is 23.8. The second-order valence-corrected chi connectivity index (χ2v) is 15.6. The van der Waals surface area contributed by atoms with Crippen molar-refractivity contribution in [3.63, 3.8) is 0 Å². The highest BCUT2D eigenvalue weighted by atomic mass is 31.2. The van der Waals surface area contributed by atoms with E-state index in [4.69, 9.17) is 19.3 Å². The fourth-order valence-corrected chi connectivity index (χ4v) is 6.66. The van der Waals surface area contributed by atoms with Gasteiger partial charge in [0.15, 0.2) is 6.10 Å². The van der Waals surface area contributed by atoms with Crippen LogP contribution < -0.4 is 0 Å². The van der Waals surface area contributed by atoms with Crippen LogP contribution in [0.4, 0.5) is 0 Å². The topological polar surface area (TPSA) is 180 Å². The summed E-state index contributed by atoms with van der Waals surface area (Å²) < 4.78 is 26.3. The summed E-state index contributed by atoms with van der Waals surface area (Å²) in [5.41, 5.74) is 0. The first-order valence-electron chi connectivity index (χ1n) is 19.2. The monoisotopic (exact) mass is 732 g/mol. The molecule has 1 fully saturated rings. The number of phosphoric acid groups is 1. The van der Waals surface area contributed by atoms with Crippen LogP contribution in [0.15, 0.2) is 24.3 Å². The molecule has 0 aromatic rings. The van der Waals surface area contributed by atoms with Gasteiger partial charge in [0.05, 0.1) is 31.3 Å². The smallest absolute Gasteiger partial charge is 0.462 e. The average molecular weight is 733 g/mol. The van der Waals surface area contributed by atoms with Crippen LogP contribution in [-0.4, -0.2) is 74.7 Å². The molecule has 1 aliphatic rings. The molecule has 0 aromatic heterocycles. The molecule has 1 saturated carbocycles. The molecule has 0 bridgehead atoms. The van der Waals surface area contributed by atoms with Crippen LogP contribution in [0.2, 0.25) is 0 Å². The van der Waals surface area contributed by atoms with E-state index in [1.807, 2.05) is 0 Å². The molecular formula is C38H69O11P. The van der Waals surface area contributed by atoms with Crippen LogP contribution in [0.5, 0.6) is 0 Å². The van der Waals surface area contributed by atoms with Gasteiger partial charge in [0.2, 0.25) is 0 Å². The maximum Gasteiger partial charge on any atom is 0.469 e. The molecule has 0 radical (unpaired) electrons. The lowest BCUT2D eigenvalue weighted by Gasteiger charge is -2.20. The Morgan fingerprint density at radius 1 is 0.800 bits per heavy atom. The molecule has 0 aromatic carbocycles. The van der Waals surface area contributed by atoms with Gasteiger partial charge in [-0.15, -0.1) is 0 Å². The Bertz CT molecular complexity index is 995. The van der Waals surface area contributed by atoms with E-state index in [1.54, 1.807) is 24.3 Å². The Balaban J connectivity index is 2.38. The number of allylic oxidation sites excluding steroid dienone is 1. The quantitative estimate of drug-likeness (QED) is 0.0214. The molecule has 292 valence electrons. The lowest BCUT2D eigenvalue weighted by atomic mass is 9.89. The SMILES string of the molecule is CCCCC[C@@H](O)/C=C/[C@@H]1[C@H](C/C=C\CC(=O)O[C@H](COC(=O)CCCCCCCCCCCCCC(C)C)COP(=O)(O)O)[C@@H](O)C[C@H]1O. The lowest BCUT2D eigenvalue weighted by molar-refractivity contribution is -0.160. The van der Waals surface area contributed by atoms with Crippen molar-refractivity contribution < 1.29 is 53.3 Å². The Kier molecular flexibility index (Phi) is 26.0. The van der Waals surface area contributed by atoms with E-state index in [0.29, 0.717) is 19.3 Å². The molecule has 5 N–H and O–H groups in total. The van der Waals surface area contributed by atoms with Gasteiger partial charge in [0.25, 0.3) is 0 Å². The highest BCUT2D eigenvalue weighted by Gasteiger charge is 2.39. The van der Waals surface area contributed by atoms with E-state index in [9.17, 15) is 29.5 Å². The Morgan fingerprint density at radius 3 is 2.00 bits per heavy atom. The van der Waals surface area contributed by atoms with Crippen molar-refractivity contribution in [2.24, 2.45) is 17.8 Å². The number of hydrogen-bond donors (Lipinski definition) is 5. The molecule has 0 amide bonds. The minimum atomic E-state index is -4.84. The summed E-state index contributed by atoms with van der Waals surface area (Å²) in [5, 5.41) is 31.1. The summed E-state index contributed by atoms with van der Waals surface area (Å²) in [5.74, 6) is -1.02. The van der Waals surface area contributed by atoms with Gasteiger partial charge in [-0.05, 0) is 31.1 Å². The average Bonchev–Trinajstić information content (AvgIpc) is 3.32. The molecule has 12 heteroatoms. The summed E-state index contributed by atoms with van der Waals surface area (Å²) in [6, 6.07) is 0. The predicted octanol–water partition coefficient (Wildman–Crippen LogP) is 7.47. The van der Waals surface area contributed by atoms with Crippen LogP contribution in [0.25, 0.3) is 0 Å². The number of ether oxygens (including phenoxy) is 2. The highest BCUT2D eigenvalue weighted by molar-refractivity contribution is 7.46. The molecule has 1 aliphatic carbocycles. The summed E-state index contributed by atoms with van der Waals surface area (Å²) in [6.45, 7) is 5.60. The molecular weight excluding hydrogens is 663 g/mol. The molecule has 0 unspecified atom stereocenters. The number of rotatable bonds is 30. The number of aliphatic hydroxyl groups excluding tert-OH is 3. The maximum atomic E-state index is 12.5. The maximum absolute atomic E-state index is 12.5.